The van der Waals surface area contributed by atoms with Gasteiger partial charge in [0.15, 0.2) is 0 Å². The zero-order chi connectivity index (χ0) is 30.9. The highest BCUT2D eigenvalue weighted by molar-refractivity contribution is 6.13. The van der Waals surface area contributed by atoms with Crippen LogP contribution in [0.4, 0.5) is 8.78 Å². The summed E-state index contributed by atoms with van der Waals surface area (Å²) in [6, 6.07) is 11.2. The predicted octanol–water partition coefficient (Wildman–Crippen LogP) is 4.53. The van der Waals surface area contributed by atoms with Crippen molar-refractivity contribution in [2.24, 2.45) is 22.1 Å². The number of nitrogens with one attached hydrogen (secondary N) is 1. The van der Waals surface area contributed by atoms with Crippen molar-refractivity contribution < 1.29 is 23.5 Å². The van der Waals surface area contributed by atoms with Crippen LogP contribution in [0.3, 0.4) is 0 Å². The molecule has 2 amide bonds. The fourth-order valence-corrected chi connectivity index (χ4v) is 5.58. The second kappa shape index (κ2) is 15.2. The molecule has 0 radical (unpaired) electrons. The highest BCUT2D eigenvalue weighted by Gasteiger charge is 2.47. The average molecular weight is 583 g/mol. The topological polar surface area (TPSA) is 108 Å². The number of benzene rings is 2. The van der Waals surface area contributed by atoms with Gasteiger partial charge in [-0.2, -0.15) is 0 Å². The summed E-state index contributed by atoms with van der Waals surface area (Å²) in [6.07, 6.45) is 3.24. The number of carbonyl (C=O) groups excluding carboxylic acids is 2. The summed E-state index contributed by atoms with van der Waals surface area (Å²) in [4.78, 5) is 32.8. The molecule has 9 heteroatoms. The molecule has 1 heterocycles. The molecule has 228 valence electrons. The number of dihydropyridines is 1. The Kier molecular flexibility index (Phi) is 11.9. The van der Waals surface area contributed by atoms with Crippen LogP contribution in [0.15, 0.2) is 59.1 Å². The van der Waals surface area contributed by atoms with Gasteiger partial charge in [0.05, 0.1) is 23.6 Å². The molecular weight excluding hydrogens is 538 g/mol. The summed E-state index contributed by atoms with van der Waals surface area (Å²) in [5.74, 6) is -3.15. The van der Waals surface area contributed by atoms with Crippen molar-refractivity contribution in [1.82, 2.24) is 10.2 Å². The maximum Gasteiger partial charge on any atom is 0.255 e. The summed E-state index contributed by atoms with van der Waals surface area (Å²) in [6.45, 7) is 9.69. The number of amides is 2. The van der Waals surface area contributed by atoms with E-state index in [1.54, 1.807) is 4.90 Å². The Morgan fingerprint density at radius 2 is 1.74 bits per heavy atom. The second-order valence-corrected chi connectivity index (χ2v) is 11.5. The number of aliphatic hydroxyl groups is 1. The molecule has 7 nitrogen and oxygen atoms in total. The molecule has 4 N–H and O–H groups in total. The Labute approximate surface area is 247 Å². The Morgan fingerprint density at radius 1 is 1.07 bits per heavy atom. The van der Waals surface area contributed by atoms with Crippen LogP contribution in [0, 0.1) is 23.0 Å². The molecule has 0 spiro atoms. The smallest absolute Gasteiger partial charge is 0.255 e. The first-order valence-corrected chi connectivity index (χ1v) is 14.7. The molecule has 2 aromatic rings. The van der Waals surface area contributed by atoms with E-state index in [4.69, 9.17) is 5.73 Å². The predicted molar refractivity (Wildman–Crippen MR) is 162 cm³/mol. The van der Waals surface area contributed by atoms with Crippen LogP contribution in [0.25, 0.3) is 0 Å². The van der Waals surface area contributed by atoms with Gasteiger partial charge in [0, 0.05) is 44.4 Å². The van der Waals surface area contributed by atoms with Crippen LogP contribution < -0.4 is 11.1 Å². The van der Waals surface area contributed by atoms with Gasteiger partial charge in [-0.3, -0.25) is 14.6 Å². The van der Waals surface area contributed by atoms with Gasteiger partial charge in [-0.15, -0.1) is 0 Å². The number of halogens is 2. The first-order chi connectivity index (χ1) is 20.0. The van der Waals surface area contributed by atoms with Gasteiger partial charge in [-0.1, -0.05) is 58.0 Å². The highest BCUT2D eigenvalue weighted by atomic mass is 19.1. The molecule has 42 heavy (non-hydrogen) atoms. The third-order valence-corrected chi connectivity index (χ3v) is 7.78. The number of primary amides is 1. The molecular formula is C33H44F2N4O3. The monoisotopic (exact) mass is 582 g/mol. The van der Waals surface area contributed by atoms with E-state index < -0.39 is 35.0 Å². The molecule has 2 aromatic carbocycles. The minimum absolute atomic E-state index is 0.0651. The molecule has 0 saturated heterocycles. The third kappa shape index (κ3) is 8.32. The van der Waals surface area contributed by atoms with Gasteiger partial charge < -0.3 is 21.1 Å². The summed E-state index contributed by atoms with van der Waals surface area (Å²) < 4.78 is 28.3. The molecule has 0 bridgehead atoms. The number of hydrogen-bond acceptors (Lipinski definition) is 5. The summed E-state index contributed by atoms with van der Waals surface area (Å²) in [5, 5.41) is 14.8. The molecule has 0 aromatic heterocycles. The number of aliphatic imine (C=N–C) groups is 1. The van der Waals surface area contributed by atoms with Crippen LogP contribution in [-0.4, -0.2) is 60.3 Å². The Bertz CT molecular complexity index is 1270. The van der Waals surface area contributed by atoms with E-state index >= 15 is 0 Å². The number of rotatable bonds is 15. The van der Waals surface area contributed by atoms with E-state index in [2.05, 4.69) is 36.3 Å². The van der Waals surface area contributed by atoms with Gasteiger partial charge in [-0.25, -0.2) is 8.78 Å². The molecule has 1 aliphatic rings. The zero-order valence-electron chi connectivity index (χ0n) is 25.1. The van der Waals surface area contributed by atoms with E-state index in [0.29, 0.717) is 25.6 Å². The first kappa shape index (κ1) is 33.1. The summed E-state index contributed by atoms with van der Waals surface area (Å²) >= 11 is 0. The van der Waals surface area contributed by atoms with Gasteiger partial charge in [-0.05, 0) is 54.0 Å². The lowest BCUT2D eigenvalue weighted by molar-refractivity contribution is -0.130. The van der Waals surface area contributed by atoms with Gasteiger partial charge in [0.1, 0.15) is 11.6 Å². The molecule has 1 aliphatic heterocycles. The minimum atomic E-state index is -1.56. The SMILES string of the molecule is CCCN(CCC)C(=O)C1=CC(C(N)=O)([C@H](Cc2cc(F)cc(F)c2)[C@@H](O)CNCc2cccc(C(C)C)c2)CN=C1. The van der Waals surface area contributed by atoms with Crippen LogP contribution in [0.5, 0.6) is 0 Å². The van der Waals surface area contributed by atoms with Crippen LogP contribution in [-0.2, 0) is 22.6 Å². The molecule has 0 fully saturated rings. The van der Waals surface area contributed by atoms with E-state index in [1.807, 2.05) is 26.0 Å². The molecule has 3 atom stereocenters. The quantitative estimate of drug-likeness (QED) is 0.287. The largest absolute Gasteiger partial charge is 0.391 e. The van der Waals surface area contributed by atoms with Crippen LogP contribution >= 0.6 is 0 Å². The Hall–Kier alpha value is -3.43. The van der Waals surface area contributed by atoms with Gasteiger partial charge in [0.25, 0.3) is 5.91 Å². The van der Waals surface area contributed by atoms with E-state index in [1.165, 1.54) is 30.0 Å². The van der Waals surface area contributed by atoms with Crippen LogP contribution in [0.1, 0.15) is 63.1 Å². The van der Waals surface area contributed by atoms with Crippen molar-refractivity contribution in [2.75, 3.05) is 26.2 Å². The molecule has 0 aliphatic carbocycles. The number of hydrogen-bond donors (Lipinski definition) is 3. The number of carbonyl (C=O) groups is 2. The maximum atomic E-state index is 14.2. The average Bonchev–Trinajstić information content (AvgIpc) is 2.95. The number of aliphatic hydroxyl groups excluding tert-OH is 1. The van der Waals surface area contributed by atoms with Gasteiger partial charge >= 0.3 is 0 Å². The van der Waals surface area contributed by atoms with Crippen molar-refractivity contribution in [2.45, 2.75) is 65.5 Å². The highest BCUT2D eigenvalue weighted by Crippen LogP contribution is 2.38. The normalized spacial score (nSPS) is 18.0. The standard InChI is InChI=1S/C33H44F2N4O3/c1-5-10-39(11-6-2)31(41)26-17-33(32(36)42,21-38-19-26)29(15-24-13-27(34)16-28(35)14-24)30(40)20-37-18-23-8-7-9-25(12-23)22(3)4/h7-9,12-14,16-17,19,22,29-30,37,40H,5-6,10-11,15,18,20-21H2,1-4H3,(H2,36,42)/t29-,30+,33?/m1/s1. The van der Waals surface area contributed by atoms with Crippen molar-refractivity contribution >= 4 is 18.0 Å². The lowest BCUT2D eigenvalue weighted by Crippen LogP contribution is -2.53. The Morgan fingerprint density at radius 3 is 2.33 bits per heavy atom. The fraction of sp³-hybridized carbons (Fsp3) is 0.485. The second-order valence-electron chi connectivity index (χ2n) is 11.5. The zero-order valence-corrected chi connectivity index (χ0v) is 25.1. The third-order valence-electron chi connectivity index (χ3n) is 7.78. The maximum absolute atomic E-state index is 14.2. The van der Waals surface area contributed by atoms with Crippen LogP contribution in [0.2, 0.25) is 0 Å². The van der Waals surface area contributed by atoms with E-state index in [9.17, 15) is 23.5 Å². The molecule has 1 unspecified atom stereocenters. The van der Waals surface area contributed by atoms with Gasteiger partial charge in [0.2, 0.25) is 5.91 Å². The number of nitrogens with two attached hydrogens (primary N) is 1. The molecule has 0 saturated carbocycles. The van der Waals surface area contributed by atoms with Crippen molar-refractivity contribution in [3.8, 4) is 0 Å². The van der Waals surface area contributed by atoms with E-state index in [-0.39, 0.29) is 36.6 Å². The number of nitrogens with zero attached hydrogens (tertiary/aromatic N) is 2. The van der Waals surface area contributed by atoms with E-state index in [0.717, 1.165) is 24.5 Å². The minimum Gasteiger partial charge on any atom is -0.391 e. The van der Waals surface area contributed by atoms with Crippen molar-refractivity contribution in [3.63, 3.8) is 0 Å². The Balaban J connectivity index is 1.96. The lowest BCUT2D eigenvalue weighted by atomic mass is 9.67. The van der Waals surface area contributed by atoms with Crippen molar-refractivity contribution in [3.05, 3.63) is 82.4 Å². The lowest BCUT2D eigenvalue weighted by Gasteiger charge is -2.40. The fourth-order valence-electron chi connectivity index (χ4n) is 5.58. The summed E-state index contributed by atoms with van der Waals surface area (Å²) in [5.41, 5.74) is 7.14. The summed E-state index contributed by atoms with van der Waals surface area (Å²) in [7, 11) is 0. The van der Waals surface area contributed by atoms with Crippen molar-refractivity contribution in [1.29, 1.82) is 0 Å². The molecule has 3 rings (SSSR count). The first-order valence-electron chi connectivity index (χ1n) is 14.7.